The number of ether oxygens (including phenoxy) is 1. The van der Waals surface area contributed by atoms with Gasteiger partial charge in [-0.05, 0) is 49.6 Å². The van der Waals surface area contributed by atoms with Crippen molar-refractivity contribution >= 4 is 21.8 Å². The van der Waals surface area contributed by atoms with Gasteiger partial charge in [-0.3, -0.25) is 4.79 Å². The van der Waals surface area contributed by atoms with Crippen molar-refractivity contribution < 1.29 is 9.53 Å². The molecular formula is C19H20BrNO2. The zero-order valence-electron chi connectivity index (χ0n) is 13.3. The van der Waals surface area contributed by atoms with E-state index in [0.29, 0.717) is 11.3 Å². The third-order valence-corrected chi connectivity index (χ3v) is 5.26. The Hall–Kier alpha value is -1.81. The summed E-state index contributed by atoms with van der Waals surface area (Å²) < 4.78 is 6.35. The van der Waals surface area contributed by atoms with Crippen LogP contribution in [0.5, 0.6) is 5.75 Å². The van der Waals surface area contributed by atoms with Crippen LogP contribution in [0.2, 0.25) is 0 Å². The number of benzene rings is 2. The summed E-state index contributed by atoms with van der Waals surface area (Å²) in [5.74, 6) is 0.518. The molecule has 0 radical (unpaired) electrons. The normalized spacial score (nSPS) is 16.5. The molecule has 1 aliphatic rings. The molecule has 3 rings (SSSR count). The Morgan fingerprint density at radius 1 is 1.17 bits per heavy atom. The van der Waals surface area contributed by atoms with E-state index in [4.69, 9.17) is 4.74 Å². The zero-order valence-corrected chi connectivity index (χ0v) is 14.9. The fraction of sp³-hybridized carbons (Fsp3) is 0.316. The Morgan fingerprint density at radius 3 is 2.43 bits per heavy atom. The number of methoxy groups -OCH3 is 1. The molecule has 1 aliphatic carbocycles. The molecule has 2 aromatic carbocycles. The molecule has 1 amide bonds. The number of carbonyl (C=O) groups is 1. The maximum Gasteiger partial charge on any atom is 0.255 e. The standard InChI is InChI=1S/C19H20BrNO2/c1-13(19(11-12-19)14-7-9-15(20)10-8-14)21-18(22)16-5-3-4-6-17(16)23-2/h3-10,13H,11-12H2,1-2H3,(H,21,22). The number of carbonyl (C=O) groups excluding carboxylic acids is 1. The van der Waals surface area contributed by atoms with Crippen LogP contribution in [0.3, 0.4) is 0 Å². The van der Waals surface area contributed by atoms with Crippen molar-refractivity contribution in [2.75, 3.05) is 7.11 Å². The molecule has 1 saturated carbocycles. The third-order valence-electron chi connectivity index (χ3n) is 4.74. The molecule has 1 atom stereocenters. The molecule has 0 heterocycles. The average molecular weight is 374 g/mol. The highest BCUT2D eigenvalue weighted by atomic mass is 79.9. The first-order chi connectivity index (χ1) is 11.1. The molecule has 23 heavy (non-hydrogen) atoms. The van der Waals surface area contributed by atoms with Crippen molar-refractivity contribution in [2.45, 2.75) is 31.2 Å². The van der Waals surface area contributed by atoms with Gasteiger partial charge in [0.25, 0.3) is 5.91 Å². The van der Waals surface area contributed by atoms with Gasteiger partial charge in [0, 0.05) is 15.9 Å². The van der Waals surface area contributed by atoms with Crippen LogP contribution in [-0.2, 0) is 5.41 Å². The average Bonchev–Trinajstić information content (AvgIpc) is 3.37. The number of hydrogen-bond acceptors (Lipinski definition) is 2. The summed E-state index contributed by atoms with van der Waals surface area (Å²) in [6.45, 7) is 2.09. The van der Waals surface area contributed by atoms with Crippen LogP contribution >= 0.6 is 15.9 Å². The maximum absolute atomic E-state index is 12.6. The molecule has 0 saturated heterocycles. The van der Waals surface area contributed by atoms with Gasteiger partial charge in [-0.2, -0.15) is 0 Å². The van der Waals surface area contributed by atoms with Gasteiger partial charge in [0.1, 0.15) is 5.75 Å². The minimum absolute atomic E-state index is 0.0539. The first kappa shape index (κ1) is 16.1. The predicted molar refractivity (Wildman–Crippen MR) is 95.0 cm³/mol. The molecule has 0 aliphatic heterocycles. The summed E-state index contributed by atoms with van der Waals surface area (Å²) >= 11 is 3.47. The second-order valence-corrected chi connectivity index (χ2v) is 6.97. The minimum atomic E-state index is -0.0849. The lowest BCUT2D eigenvalue weighted by Crippen LogP contribution is -2.41. The molecule has 3 nitrogen and oxygen atoms in total. The van der Waals surface area contributed by atoms with E-state index in [0.717, 1.165) is 17.3 Å². The van der Waals surface area contributed by atoms with E-state index in [1.54, 1.807) is 19.2 Å². The van der Waals surface area contributed by atoms with Crippen LogP contribution < -0.4 is 10.1 Å². The zero-order chi connectivity index (χ0) is 16.4. The van der Waals surface area contributed by atoms with Crippen molar-refractivity contribution in [2.24, 2.45) is 0 Å². The van der Waals surface area contributed by atoms with Crippen LogP contribution in [-0.4, -0.2) is 19.1 Å². The summed E-state index contributed by atoms with van der Waals surface area (Å²) in [5.41, 5.74) is 1.92. The van der Waals surface area contributed by atoms with E-state index in [2.05, 4.69) is 52.4 Å². The molecule has 1 fully saturated rings. The lowest BCUT2D eigenvalue weighted by molar-refractivity contribution is 0.0929. The molecule has 1 N–H and O–H groups in total. The van der Waals surface area contributed by atoms with Crippen molar-refractivity contribution in [3.8, 4) is 5.75 Å². The highest BCUT2D eigenvalue weighted by Crippen LogP contribution is 2.51. The van der Waals surface area contributed by atoms with Crippen molar-refractivity contribution in [3.05, 3.63) is 64.1 Å². The van der Waals surface area contributed by atoms with Crippen LogP contribution in [0, 0.1) is 0 Å². The van der Waals surface area contributed by atoms with E-state index in [-0.39, 0.29) is 17.4 Å². The molecule has 0 bridgehead atoms. The second kappa shape index (κ2) is 6.36. The van der Waals surface area contributed by atoms with Gasteiger partial charge < -0.3 is 10.1 Å². The fourth-order valence-corrected chi connectivity index (χ4v) is 3.40. The Bertz CT molecular complexity index is 708. The maximum atomic E-state index is 12.6. The highest BCUT2D eigenvalue weighted by Gasteiger charge is 2.49. The van der Waals surface area contributed by atoms with Crippen LogP contribution in [0.15, 0.2) is 53.0 Å². The number of hydrogen-bond donors (Lipinski definition) is 1. The van der Waals surface area contributed by atoms with Gasteiger partial charge in [-0.1, -0.05) is 40.2 Å². The van der Waals surface area contributed by atoms with E-state index in [9.17, 15) is 4.79 Å². The predicted octanol–water partition coefficient (Wildman–Crippen LogP) is 4.31. The lowest BCUT2D eigenvalue weighted by Gasteiger charge is -2.25. The molecule has 4 heteroatoms. The SMILES string of the molecule is COc1ccccc1C(=O)NC(C)C1(c2ccc(Br)cc2)CC1. The van der Waals surface area contributed by atoms with Gasteiger partial charge in [0.05, 0.1) is 12.7 Å². The topological polar surface area (TPSA) is 38.3 Å². The summed E-state index contributed by atoms with van der Waals surface area (Å²) in [6.07, 6.45) is 2.20. The monoisotopic (exact) mass is 373 g/mol. The number of para-hydroxylation sites is 1. The Balaban J connectivity index is 1.77. The molecule has 1 unspecified atom stereocenters. The summed E-state index contributed by atoms with van der Waals surface area (Å²) in [7, 11) is 1.58. The molecule has 0 spiro atoms. The lowest BCUT2D eigenvalue weighted by atomic mass is 9.89. The molecule has 120 valence electrons. The van der Waals surface area contributed by atoms with Crippen molar-refractivity contribution in [1.29, 1.82) is 0 Å². The smallest absolute Gasteiger partial charge is 0.255 e. The summed E-state index contributed by atoms with van der Waals surface area (Å²) in [5, 5.41) is 3.16. The number of nitrogens with one attached hydrogen (secondary N) is 1. The van der Waals surface area contributed by atoms with E-state index < -0.39 is 0 Å². The Morgan fingerprint density at radius 2 is 1.83 bits per heavy atom. The van der Waals surface area contributed by atoms with Gasteiger partial charge in [0.2, 0.25) is 0 Å². The minimum Gasteiger partial charge on any atom is -0.496 e. The van der Waals surface area contributed by atoms with Gasteiger partial charge in [-0.15, -0.1) is 0 Å². The number of halogens is 1. The Labute approximate surface area is 145 Å². The van der Waals surface area contributed by atoms with E-state index in [1.807, 2.05) is 12.1 Å². The summed E-state index contributed by atoms with van der Waals surface area (Å²) in [6, 6.07) is 15.8. The number of amides is 1. The van der Waals surface area contributed by atoms with Crippen LogP contribution in [0.4, 0.5) is 0 Å². The fourth-order valence-electron chi connectivity index (χ4n) is 3.13. The van der Waals surface area contributed by atoms with E-state index >= 15 is 0 Å². The highest BCUT2D eigenvalue weighted by molar-refractivity contribution is 9.10. The molecule has 2 aromatic rings. The first-order valence-corrected chi connectivity index (χ1v) is 8.56. The van der Waals surface area contributed by atoms with Crippen molar-refractivity contribution in [1.82, 2.24) is 5.32 Å². The van der Waals surface area contributed by atoms with Gasteiger partial charge in [0.15, 0.2) is 0 Å². The second-order valence-electron chi connectivity index (χ2n) is 6.06. The quantitative estimate of drug-likeness (QED) is 0.847. The molecular weight excluding hydrogens is 354 g/mol. The van der Waals surface area contributed by atoms with Crippen molar-refractivity contribution in [3.63, 3.8) is 0 Å². The Kier molecular flexibility index (Phi) is 4.44. The first-order valence-electron chi connectivity index (χ1n) is 7.77. The van der Waals surface area contributed by atoms with Crippen LogP contribution in [0.25, 0.3) is 0 Å². The number of rotatable bonds is 5. The van der Waals surface area contributed by atoms with Crippen LogP contribution in [0.1, 0.15) is 35.7 Å². The van der Waals surface area contributed by atoms with Gasteiger partial charge >= 0.3 is 0 Å². The summed E-state index contributed by atoms with van der Waals surface area (Å²) in [4.78, 5) is 12.6. The largest absolute Gasteiger partial charge is 0.496 e. The van der Waals surface area contributed by atoms with Gasteiger partial charge in [-0.25, -0.2) is 0 Å². The molecule has 0 aromatic heterocycles. The van der Waals surface area contributed by atoms with E-state index in [1.165, 1.54) is 5.56 Å². The third kappa shape index (κ3) is 3.13.